The molecule has 0 spiro atoms. The van der Waals surface area contributed by atoms with Crippen LogP contribution >= 0.6 is 11.8 Å². The summed E-state index contributed by atoms with van der Waals surface area (Å²) < 4.78 is 4.94. The van der Waals surface area contributed by atoms with E-state index in [9.17, 15) is 9.59 Å². The molecule has 0 bridgehead atoms. The van der Waals surface area contributed by atoms with E-state index < -0.39 is 0 Å². The number of esters is 1. The first-order chi connectivity index (χ1) is 7.62. The molecule has 0 fully saturated rings. The SMILES string of the molecule is CCCC(=O)/C(SC)=C(/CC)C(=O)OCC. The van der Waals surface area contributed by atoms with Gasteiger partial charge in [-0.2, -0.15) is 0 Å². The van der Waals surface area contributed by atoms with Gasteiger partial charge in [-0.15, -0.1) is 11.8 Å². The Hall–Kier alpha value is -0.770. The Morgan fingerprint density at radius 2 is 1.81 bits per heavy atom. The minimum Gasteiger partial charge on any atom is -0.463 e. The largest absolute Gasteiger partial charge is 0.463 e. The lowest BCUT2D eigenvalue weighted by molar-refractivity contribution is -0.138. The van der Waals surface area contributed by atoms with Gasteiger partial charge in [-0.05, 0) is 26.0 Å². The van der Waals surface area contributed by atoms with Gasteiger partial charge in [0.05, 0.1) is 17.1 Å². The molecule has 0 aromatic heterocycles. The van der Waals surface area contributed by atoms with E-state index in [2.05, 4.69) is 0 Å². The van der Waals surface area contributed by atoms with Crippen LogP contribution in [0, 0.1) is 0 Å². The fourth-order valence-electron chi connectivity index (χ4n) is 1.36. The highest BCUT2D eigenvalue weighted by atomic mass is 32.2. The zero-order valence-electron chi connectivity index (χ0n) is 10.5. The first-order valence-corrected chi connectivity index (χ1v) is 6.82. The van der Waals surface area contributed by atoms with Crippen LogP contribution in [0.3, 0.4) is 0 Å². The summed E-state index contributed by atoms with van der Waals surface area (Å²) in [5.41, 5.74) is 0.507. The Kier molecular flexibility index (Phi) is 7.99. The summed E-state index contributed by atoms with van der Waals surface area (Å²) in [6.45, 7) is 5.91. The predicted molar refractivity (Wildman–Crippen MR) is 67.4 cm³/mol. The molecule has 0 aliphatic rings. The van der Waals surface area contributed by atoms with Crippen LogP contribution in [0.15, 0.2) is 10.5 Å². The normalized spacial score (nSPS) is 12.0. The first kappa shape index (κ1) is 15.2. The van der Waals surface area contributed by atoms with Gasteiger partial charge in [-0.1, -0.05) is 13.8 Å². The zero-order chi connectivity index (χ0) is 12.6. The molecule has 0 saturated carbocycles. The molecule has 0 heterocycles. The molecule has 0 aliphatic heterocycles. The molecule has 0 saturated heterocycles. The molecule has 92 valence electrons. The molecular weight excluding hydrogens is 224 g/mol. The number of hydrogen-bond acceptors (Lipinski definition) is 4. The van der Waals surface area contributed by atoms with Crippen molar-refractivity contribution in [3.63, 3.8) is 0 Å². The van der Waals surface area contributed by atoms with E-state index in [1.165, 1.54) is 11.8 Å². The molecule has 0 aromatic carbocycles. The maximum atomic E-state index is 11.8. The van der Waals surface area contributed by atoms with Crippen molar-refractivity contribution in [3.8, 4) is 0 Å². The lowest BCUT2D eigenvalue weighted by Crippen LogP contribution is -2.12. The van der Waals surface area contributed by atoms with Gasteiger partial charge >= 0.3 is 5.97 Å². The zero-order valence-corrected chi connectivity index (χ0v) is 11.3. The second kappa shape index (κ2) is 8.39. The van der Waals surface area contributed by atoms with Crippen molar-refractivity contribution in [2.75, 3.05) is 12.9 Å². The van der Waals surface area contributed by atoms with Crippen molar-refractivity contribution in [2.45, 2.75) is 40.0 Å². The number of allylic oxidation sites excluding steroid dienone is 1. The molecule has 0 N–H and O–H groups in total. The van der Waals surface area contributed by atoms with Gasteiger partial charge < -0.3 is 4.74 Å². The molecule has 0 unspecified atom stereocenters. The molecule has 3 nitrogen and oxygen atoms in total. The van der Waals surface area contributed by atoms with Crippen LogP contribution in [0.2, 0.25) is 0 Å². The summed E-state index contributed by atoms with van der Waals surface area (Å²) in [6, 6.07) is 0. The van der Waals surface area contributed by atoms with E-state index in [0.29, 0.717) is 29.9 Å². The standard InChI is InChI=1S/C12H20O3S/c1-5-8-10(13)11(16-4)9(6-2)12(14)15-7-3/h5-8H2,1-4H3/b11-9+. The number of Topliss-reactive ketones (excluding diaryl/α,β-unsaturated/α-hetero) is 1. The lowest BCUT2D eigenvalue weighted by atomic mass is 10.1. The Morgan fingerprint density at radius 1 is 1.19 bits per heavy atom. The summed E-state index contributed by atoms with van der Waals surface area (Å²) in [5.74, 6) is -0.321. The van der Waals surface area contributed by atoms with E-state index in [0.717, 1.165) is 6.42 Å². The van der Waals surface area contributed by atoms with Crippen LogP contribution in [0.4, 0.5) is 0 Å². The van der Waals surface area contributed by atoms with Gasteiger partial charge in [0.2, 0.25) is 0 Å². The van der Waals surface area contributed by atoms with Crippen LogP contribution in [-0.2, 0) is 14.3 Å². The summed E-state index contributed by atoms with van der Waals surface area (Å²) in [4.78, 5) is 24.0. The summed E-state index contributed by atoms with van der Waals surface area (Å²) >= 11 is 1.33. The lowest BCUT2D eigenvalue weighted by Gasteiger charge is -2.10. The van der Waals surface area contributed by atoms with Gasteiger partial charge in [0.25, 0.3) is 0 Å². The predicted octanol–water partition coefficient (Wildman–Crippen LogP) is 2.95. The minimum absolute atomic E-state index is 0.0416. The number of ketones is 1. The first-order valence-electron chi connectivity index (χ1n) is 5.59. The van der Waals surface area contributed by atoms with Crippen molar-refractivity contribution in [3.05, 3.63) is 10.5 Å². The van der Waals surface area contributed by atoms with Crippen molar-refractivity contribution >= 4 is 23.5 Å². The average Bonchev–Trinajstić information content (AvgIpc) is 2.25. The molecule has 0 rings (SSSR count). The second-order valence-corrected chi connectivity index (χ2v) is 4.08. The van der Waals surface area contributed by atoms with E-state index in [1.54, 1.807) is 6.92 Å². The van der Waals surface area contributed by atoms with Gasteiger partial charge in [0.15, 0.2) is 5.78 Å². The van der Waals surface area contributed by atoms with Crippen molar-refractivity contribution in [1.82, 2.24) is 0 Å². The summed E-state index contributed by atoms with van der Waals surface area (Å²) in [6.07, 6.45) is 3.63. The fraction of sp³-hybridized carbons (Fsp3) is 0.667. The van der Waals surface area contributed by atoms with E-state index in [-0.39, 0.29) is 11.8 Å². The number of hydrogen-bond donors (Lipinski definition) is 0. The smallest absolute Gasteiger partial charge is 0.335 e. The monoisotopic (exact) mass is 244 g/mol. The molecule has 0 atom stereocenters. The number of rotatable bonds is 7. The van der Waals surface area contributed by atoms with Crippen LogP contribution < -0.4 is 0 Å². The Balaban J connectivity index is 5.04. The van der Waals surface area contributed by atoms with Crippen molar-refractivity contribution in [1.29, 1.82) is 0 Å². The molecule has 0 radical (unpaired) electrons. The third kappa shape index (κ3) is 4.39. The highest BCUT2D eigenvalue weighted by Gasteiger charge is 2.19. The Labute approximate surface area is 102 Å². The van der Waals surface area contributed by atoms with Crippen molar-refractivity contribution in [2.24, 2.45) is 0 Å². The quantitative estimate of drug-likeness (QED) is 0.510. The Morgan fingerprint density at radius 3 is 2.19 bits per heavy atom. The highest BCUT2D eigenvalue weighted by Crippen LogP contribution is 2.23. The van der Waals surface area contributed by atoms with E-state index >= 15 is 0 Å². The number of carbonyl (C=O) groups is 2. The molecule has 0 aliphatic carbocycles. The molecule has 16 heavy (non-hydrogen) atoms. The van der Waals surface area contributed by atoms with Crippen LogP contribution in [-0.4, -0.2) is 24.6 Å². The molecule has 0 aromatic rings. The summed E-state index contributed by atoms with van der Waals surface area (Å²) in [5, 5.41) is 0. The van der Waals surface area contributed by atoms with Gasteiger partial charge in [0, 0.05) is 6.42 Å². The van der Waals surface area contributed by atoms with Gasteiger partial charge in [0.1, 0.15) is 0 Å². The highest BCUT2D eigenvalue weighted by molar-refractivity contribution is 8.03. The molecule has 4 heteroatoms. The third-order valence-corrected chi connectivity index (χ3v) is 2.97. The maximum absolute atomic E-state index is 11.8. The third-order valence-electron chi connectivity index (χ3n) is 2.08. The minimum atomic E-state index is -0.362. The maximum Gasteiger partial charge on any atom is 0.335 e. The summed E-state index contributed by atoms with van der Waals surface area (Å²) in [7, 11) is 0. The number of thioether (sulfide) groups is 1. The van der Waals surface area contributed by atoms with E-state index in [1.807, 2.05) is 20.1 Å². The Bertz CT molecular complexity index is 254. The van der Waals surface area contributed by atoms with Crippen LogP contribution in [0.1, 0.15) is 40.0 Å². The number of carbonyl (C=O) groups excluding carboxylic acids is 2. The number of ether oxygens (including phenoxy) is 1. The molecular formula is C12H20O3S. The van der Waals surface area contributed by atoms with E-state index in [4.69, 9.17) is 4.74 Å². The van der Waals surface area contributed by atoms with Gasteiger partial charge in [-0.3, -0.25) is 4.79 Å². The fourth-order valence-corrected chi connectivity index (χ4v) is 2.17. The van der Waals surface area contributed by atoms with Crippen molar-refractivity contribution < 1.29 is 14.3 Å². The second-order valence-electron chi connectivity index (χ2n) is 3.26. The van der Waals surface area contributed by atoms with Gasteiger partial charge in [-0.25, -0.2) is 4.79 Å². The topological polar surface area (TPSA) is 43.4 Å². The van der Waals surface area contributed by atoms with Crippen LogP contribution in [0.5, 0.6) is 0 Å². The van der Waals surface area contributed by atoms with Crippen LogP contribution in [0.25, 0.3) is 0 Å². The average molecular weight is 244 g/mol. The molecule has 0 amide bonds.